The summed E-state index contributed by atoms with van der Waals surface area (Å²) < 4.78 is 67.5. The van der Waals surface area contributed by atoms with Gasteiger partial charge in [-0.05, 0) is 92.6 Å². The van der Waals surface area contributed by atoms with Gasteiger partial charge in [-0.1, -0.05) is 24.3 Å². The number of rotatable bonds is 7. The molecule has 174 valence electrons. The first-order chi connectivity index (χ1) is 15.0. The molecular weight excluding hydrogens is 437 g/mol. The van der Waals surface area contributed by atoms with Gasteiger partial charge in [-0.25, -0.2) is 13.1 Å². The van der Waals surface area contributed by atoms with Crippen molar-refractivity contribution in [2.75, 3.05) is 13.1 Å². The lowest BCUT2D eigenvalue weighted by Gasteiger charge is -2.31. The summed E-state index contributed by atoms with van der Waals surface area (Å²) in [7, 11) is -3.35. The first-order valence-corrected chi connectivity index (χ1v) is 12.6. The summed E-state index contributed by atoms with van der Waals surface area (Å²) in [4.78, 5) is 2.15. The van der Waals surface area contributed by atoms with Crippen molar-refractivity contribution in [2.24, 2.45) is 0 Å². The minimum Gasteiger partial charge on any atom is -0.299 e. The Kier molecular flexibility index (Phi) is 6.40. The van der Waals surface area contributed by atoms with Crippen LogP contribution in [-0.4, -0.2) is 37.7 Å². The largest absolute Gasteiger partial charge is 0.416 e. The summed E-state index contributed by atoms with van der Waals surface area (Å²) in [6.07, 6.45) is -1.65. The molecule has 4 rings (SSSR count). The van der Waals surface area contributed by atoms with Crippen LogP contribution in [0.1, 0.15) is 53.6 Å². The molecule has 0 amide bonds. The average Bonchev–Trinajstić information content (AvgIpc) is 3.04. The number of halogens is 3. The van der Waals surface area contributed by atoms with Crippen molar-refractivity contribution in [1.82, 2.24) is 9.62 Å². The maximum atomic E-state index is 13.5. The van der Waals surface area contributed by atoms with Gasteiger partial charge in [-0.3, -0.25) is 4.90 Å². The van der Waals surface area contributed by atoms with Gasteiger partial charge in [0.15, 0.2) is 0 Å². The van der Waals surface area contributed by atoms with Gasteiger partial charge in [0.05, 0.1) is 10.8 Å². The summed E-state index contributed by atoms with van der Waals surface area (Å²) in [6, 6.07) is 10.1. The highest BCUT2D eigenvalue weighted by atomic mass is 32.2. The number of benzene rings is 2. The quantitative estimate of drug-likeness (QED) is 0.662. The van der Waals surface area contributed by atoms with Crippen LogP contribution in [0.3, 0.4) is 0 Å². The van der Waals surface area contributed by atoms with E-state index >= 15 is 0 Å². The average molecular weight is 467 g/mol. The van der Waals surface area contributed by atoms with Crippen molar-refractivity contribution in [3.63, 3.8) is 0 Å². The Morgan fingerprint density at radius 2 is 1.69 bits per heavy atom. The molecule has 1 N–H and O–H groups in total. The monoisotopic (exact) mass is 466 g/mol. The molecule has 2 aromatic rings. The Morgan fingerprint density at radius 3 is 2.31 bits per heavy atom. The van der Waals surface area contributed by atoms with Crippen LogP contribution in [0.2, 0.25) is 0 Å². The predicted molar refractivity (Wildman–Crippen MR) is 119 cm³/mol. The summed E-state index contributed by atoms with van der Waals surface area (Å²) in [5.74, 6) is 0. The molecule has 32 heavy (non-hydrogen) atoms. The van der Waals surface area contributed by atoms with E-state index in [2.05, 4.69) is 9.62 Å². The number of nitrogens with one attached hydrogen (secondary N) is 1. The molecule has 1 aliphatic carbocycles. The molecule has 1 fully saturated rings. The van der Waals surface area contributed by atoms with Crippen molar-refractivity contribution in [1.29, 1.82) is 0 Å². The van der Waals surface area contributed by atoms with Gasteiger partial charge >= 0.3 is 6.18 Å². The number of hydrogen-bond acceptors (Lipinski definition) is 3. The summed E-state index contributed by atoms with van der Waals surface area (Å²) in [6.45, 7) is 5.69. The van der Waals surface area contributed by atoms with Crippen molar-refractivity contribution < 1.29 is 21.6 Å². The minimum atomic E-state index is -4.38. The van der Waals surface area contributed by atoms with E-state index in [4.69, 9.17) is 0 Å². The molecule has 0 saturated carbocycles. The van der Waals surface area contributed by atoms with Crippen LogP contribution in [0.25, 0.3) is 0 Å². The zero-order chi connectivity index (χ0) is 23.1. The molecule has 8 heteroatoms. The summed E-state index contributed by atoms with van der Waals surface area (Å²) >= 11 is 0. The Balaban J connectivity index is 1.52. The molecule has 1 atom stereocenters. The van der Waals surface area contributed by atoms with Crippen molar-refractivity contribution in [3.05, 3.63) is 69.8 Å². The molecule has 0 spiro atoms. The van der Waals surface area contributed by atoms with E-state index in [-0.39, 0.29) is 6.04 Å². The summed E-state index contributed by atoms with van der Waals surface area (Å²) in [5, 5.41) is -0.492. The first-order valence-electron chi connectivity index (χ1n) is 11.0. The lowest BCUT2D eigenvalue weighted by atomic mass is 9.97. The van der Waals surface area contributed by atoms with E-state index in [1.165, 1.54) is 12.1 Å². The van der Waals surface area contributed by atoms with E-state index in [9.17, 15) is 21.6 Å². The molecule has 1 heterocycles. The van der Waals surface area contributed by atoms with Gasteiger partial charge in [0, 0.05) is 12.6 Å². The van der Waals surface area contributed by atoms with Gasteiger partial charge in [-0.2, -0.15) is 13.2 Å². The van der Waals surface area contributed by atoms with Gasteiger partial charge in [0.2, 0.25) is 10.0 Å². The van der Waals surface area contributed by atoms with Crippen LogP contribution in [0, 0.1) is 0 Å². The fourth-order valence-electron chi connectivity index (χ4n) is 4.39. The third kappa shape index (κ3) is 5.35. The molecule has 1 aliphatic heterocycles. The second-order valence-corrected chi connectivity index (χ2v) is 11.5. The van der Waals surface area contributed by atoms with Crippen LogP contribution in [-0.2, 0) is 42.0 Å². The Labute approximate surface area is 187 Å². The van der Waals surface area contributed by atoms with Gasteiger partial charge < -0.3 is 0 Å². The fraction of sp³-hybridized carbons (Fsp3) is 0.500. The zero-order valence-corrected chi connectivity index (χ0v) is 19.2. The maximum Gasteiger partial charge on any atom is 0.416 e. The van der Waals surface area contributed by atoms with Gasteiger partial charge in [0.25, 0.3) is 0 Å². The van der Waals surface area contributed by atoms with Crippen LogP contribution in [0.5, 0.6) is 0 Å². The SMILES string of the molecule is CC(C)S(=O)(=O)N[C@H]1Cc2ccc(Cc3cc(CN4CCC4)cc(C(F)(F)F)c3)cc2C1. The molecule has 0 radical (unpaired) electrons. The smallest absolute Gasteiger partial charge is 0.299 e. The third-order valence-corrected chi connectivity index (χ3v) is 8.20. The Hall–Kier alpha value is -1.90. The van der Waals surface area contributed by atoms with E-state index in [1.54, 1.807) is 13.8 Å². The zero-order valence-electron chi connectivity index (χ0n) is 18.4. The number of fused-ring (bicyclic) bond motifs is 1. The first kappa shape index (κ1) is 23.3. The predicted octanol–water partition coefficient (Wildman–Crippen LogP) is 4.30. The van der Waals surface area contributed by atoms with E-state index in [0.717, 1.165) is 36.2 Å². The maximum absolute atomic E-state index is 13.5. The molecule has 0 aromatic heterocycles. The lowest BCUT2D eigenvalue weighted by Crippen LogP contribution is -2.39. The normalized spacial score (nSPS) is 19.2. The number of sulfonamides is 1. The van der Waals surface area contributed by atoms with Crippen molar-refractivity contribution >= 4 is 10.0 Å². The van der Waals surface area contributed by atoms with E-state index in [0.29, 0.717) is 36.9 Å². The standard InChI is InChI=1S/C24H29F3N2O2S/c1-16(2)32(30,31)28-23-13-20-5-4-17(10-21(20)14-23)8-18-9-19(15-29-6-3-7-29)12-22(11-18)24(25,26)27/h4-5,9-12,16,23,28H,3,6-8,13-15H2,1-2H3/t23-/m0/s1. The third-order valence-electron chi connectivity index (χ3n) is 6.30. The number of hydrogen-bond donors (Lipinski definition) is 1. The molecule has 0 unspecified atom stereocenters. The van der Waals surface area contributed by atoms with Gasteiger partial charge in [0.1, 0.15) is 0 Å². The second kappa shape index (κ2) is 8.80. The molecular formula is C24H29F3N2O2S. The highest BCUT2D eigenvalue weighted by Gasteiger charge is 2.32. The summed E-state index contributed by atoms with van der Waals surface area (Å²) in [5.41, 5.74) is 3.82. The highest BCUT2D eigenvalue weighted by molar-refractivity contribution is 7.90. The number of likely N-dealkylation sites (tertiary alicyclic amines) is 1. The van der Waals surface area contributed by atoms with Crippen LogP contribution >= 0.6 is 0 Å². The molecule has 2 aromatic carbocycles. The van der Waals surface area contributed by atoms with Gasteiger partial charge in [-0.15, -0.1) is 0 Å². The highest BCUT2D eigenvalue weighted by Crippen LogP contribution is 2.32. The van der Waals surface area contributed by atoms with E-state index in [1.807, 2.05) is 24.3 Å². The van der Waals surface area contributed by atoms with Crippen LogP contribution in [0.4, 0.5) is 13.2 Å². The van der Waals surface area contributed by atoms with Crippen LogP contribution in [0.15, 0.2) is 36.4 Å². The Morgan fingerprint density at radius 1 is 1.00 bits per heavy atom. The minimum absolute atomic E-state index is 0.177. The van der Waals surface area contributed by atoms with Crippen LogP contribution < -0.4 is 4.72 Å². The van der Waals surface area contributed by atoms with Crippen molar-refractivity contribution in [3.8, 4) is 0 Å². The molecule has 1 saturated heterocycles. The fourth-order valence-corrected chi connectivity index (χ4v) is 5.29. The number of nitrogens with zero attached hydrogens (tertiary/aromatic N) is 1. The van der Waals surface area contributed by atoms with E-state index < -0.39 is 27.0 Å². The lowest BCUT2D eigenvalue weighted by molar-refractivity contribution is -0.137. The molecule has 0 bridgehead atoms. The molecule has 4 nitrogen and oxygen atoms in total. The Bertz CT molecular complexity index is 1090. The molecule has 2 aliphatic rings. The topological polar surface area (TPSA) is 49.4 Å². The van der Waals surface area contributed by atoms with Crippen molar-refractivity contribution in [2.45, 2.75) is 63.5 Å². The number of alkyl halides is 3. The second-order valence-electron chi connectivity index (χ2n) is 9.26.